The number of benzene rings is 1. The van der Waals surface area contributed by atoms with E-state index in [1.165, 1.54) is 50.3 Å². The number of hydrogen-bond donors (Lipinski definition) is 0. The molecule has 152 valence electrons. The van der Waals surface area contributed by atoms with Crippen LogP contribution in [0.3, 0.4) is 0 Å². The van der Waals surface area contributed by atoms with Crippen molar-refractivity contribution in [3.05, 3.63) is 53.5 Å². The average molecular weight is 395 g/mol. The maximum Gasteiger partial charge on any atom is 0.339 e. The molecule has 4 saturated carbocycles. The molecule has 4 nitrogen and oxygen atoms in total. The van der Waals surface area contributed by atoms with Crippen LogP contribution in [0.2, 0.25) is 0 Å². The summed E-state index contributed by atoms with van der Waals surface area (Å²) in [7, 11) is 0. The second-order valence-corrected chi connectivity index (χ2v) is 9.06. The van der Waals surface area contributed by atoms with E-state index in [2.05, 4.69) is 17.1 Å². The van der Waals surface area contributed by atoms with Gasteiger partial charge < -0.3 is 9.47 Å². The maximum absolute atomic E-state index is 14.3. The summed E-state index contributed by atoms with van der Waals surface area (Å²) in [6.45, 7) is 1.93. The third kappa shape index (κ3) is 3.41. The molecule has 0 N–H and O–H groups in total. The first kappa shape index (κ1) is 18.6. The fourth-order valence-corrected chi connectivity index (χ4v) is 6.28. The highest BCUT2D eigenvalue weighted by molar-refractivity contribution is 5.89. The van der Waals surface area contributed by atoms with Crippen LogP contribution in [0, 0.1) is 23.6 Å². The molecule has 0 aliphatic heterocycles. The average Bonchev–Trinajstić information content (AvgIpc) is 2.69. The van der Waals surface area contributed by atoms with Gasteiger partial charge in [0.1, 0.15) is 5.75 Å². The minimum atomic E-state index is -0.680. The van der Waals surface area contributed by atoms with Crippen molar-refractivity contribution in [1.29, 1.82) is 0 Å². The number of nitrogens with zero attached hydrogens (tertiary/aromatic N) is 1. The van der Waals surface area contributed by atoms with Crippen LogP contribution in [0.4, 0.5) is 4.39 Å². The van der Waals surface area contributed by atoms with E-state index >= 15 is 0 Å². The van der Waals surface area contributed by atoms with E-state index in [9.17, 15) is 9.18 Å². The van der Waals surface area contributed by atoms with Crippen LogP contribution in [0.15, 0.2) is 36.5 Å². The van der Waals surface area contributed by atoms with Crippen molar-refractivity contribution < 1.29 is 18.7 Å². The molecule has 4 bridgehead atoms. The van der Waals surface area contributed by atoms with Gasteiger partial charge in [-0.25, -0.2) is 14.2 Å². The molecule has 4 aliphatic rings. The summed E-state index contributed by atoms with van der Waals surface area (Å²) in [6.07, 6.45) is 9.48. The van der Waals surface area contributed by atoms with Crippen LogP contribution >= 0.6 is 0 Å². The van der Waals surface area contributed by atoms with Crippen LogP contribution in [-0.2, 0) is 10.2 Å². The van der Waals surface area contributed by atoms with Crippen LogP contribution in [0.5, 0.6) is 11.6 Å². The van der Waals surface area contributed by atoms with E-state index < -0.39 is 11.8 Å². The van der Waals surface area contributed by atoms with Crippen LogP contribution in [0.1, 0.15) is 61.4 Å². The molecular weight excluding hydrogens is 369 g/mol. The van der Waals surface area contributed by atoms with Crippen molar-refractivity contribution in [3.8, 4) is 11.6 Å². The Hall–Kier alpha value is -2.43. The highest BCUT2D eigenvalue weighted by Crippen LogP contribution is 2.60. The van der Waals surface area contributed by atoms with E-state index in [-0.39, 0.29) is 18.1 Å². The largest absolute Gasteiger partial charge is 0.462 e. The fraction of sp³-hybridized carbons (Fsp3) is 0.500. The highest BCUT2D eigenvalue weighted by atomic mass is 19.1. The van der Waals surface area contributed by atoms with Gasteiger partial charge in [0, 0.05) is 6.20 Å². The standard InChI is InChI=1S/C24H26FNO3/c1-2-28-23(27)18-10-21(25)22(26-14-18)29-20-5-3-19(4-6-20)24-11-15-7-16(12-24)9-17(8-15)13-24/h3-6,10,14-17H,2,7-9,11-13H2,1H3. The lowest BCUT2D eigenvalue weighted by Crippen LogP contribution is -2.48. The molecule has 0 radical (unpaired) electrons. The predicted molar refractivity (Wildman–Crippen MR) is 107 cm³/mol. The molecule has 1 aromatic carbocycles. The minimum absolute atomic E-state index is 0.0777. The van der Waals surface area contributed by atoms with E-state index in [4.69, 9.17) is 9.47 Å². The summed E-state index contributed by atoms with van der Waals surface area (Å²) in [5.74, 6) is 1.83. The molecule has 29 heavy (non-hydrogen) atoms. The van der Waals surface area contributed by atoms with E-state index in [1.807, 2.05) is 12.1 Å². The van der Waals surface area contributed by atoms with Gasteiger partial charge in [-0.15, -0.1) is 0 Å². The number of aromatic nitrogens is 1. The lowest BCUT2D eigenvalue weighted by Gasteiger charge is -2.57. The number of ether oxygens (including phenoxy) is 2. The van der Waals surface area contributed by atoms with Crippen molar-refractivity contribution in [2.75, 3.05) is 6.61 Å². The van der Waals surface area contributed by atoms with Crippen LogP contribution in [0.25, 0.3) is 0 Å². The van der Waals surface area contributed by atoms with Gasteiger partial charge in [0.05, 0.1) is 12.2 Å². The summed E-state index contributed by atoms with van der Waals surface area (Å²) in [5.41, 5.74) is 1.81. The Morgan fingerprint density at radius 1 is 1.10 bits per heavy atom. The molecule has 0 saturated heterocycles. The van der Waals surface area contributed by atoms with Crippen LogP contribution < -0.4 is 4.74 Å². The molecule has 4 fully saturated rings. The smallest absolute Gasteiger partial charge is 0.339 e. The van der Waals surface area contributed by atoms with E-state index in [0.717, 1.165) is 23.8 Å². The van der Waals surface area contributed by atoms with Crippen LogP contribution in [-0.4, -0.2) is 17.6 Å². The number of halogens is 1. The van der Waals surface area contributed by atoms with E-state index in [1.54, 1.807) is 6.92 Å². The molecule has 0 amide bonds. The van der Waals surface area contributed by atoms with Gasteiger partial charge in [-0.2, -0.15) is 0 Å². The predicted octanol–water partition coefficient (Wildman–Crippen LogP) is 5.66. The molecule has 6 rings (SSSR count). The summed E-state index contributed by atoms with van der Waals surface area (Å²) >= 11 is 0. The van der Waals surface area contributed by atoms with Gasteiger partial charge in [0.2, 0.25) is 0 Å². The Labute approximate surface area is 170 Å². The van der Waals surface area contributed by atoms with Gasteiger partial charge in [-0.1, -0.05) is 12.1 Å². The van der Waals surface area contributed by atoms with Gasteiger partial charge in [0.25, 0.3) is 5.88 Å². The number of esters is 1. The molecule has 0 atom stereocenters. The molecule has 0 unspecified atom stereocenters. The van der Waals surface area contributed by atoms with Crippen molar-refractivity contribution in [3.63, 3.8) is 0 Å². The van der Waals surface area contributed by atoms with Gasteiger partial charge in [-0.3, -0.25) is 0 Å². The number of pyridine rings is 1. The number of carbonyl (C=O) groups excluding carboxylic acids is 1. The molecule has 1 heterocycles. The molecular formula is C24H26FNO3. The Kier molecular flexibility index (Phi) is 4.56. The Morgan fingerprint density at radius 3 is 2.28 bits per heavy atom. The zero-order valence-corrected chi connectivity index (χ0v) is 16.7. The van der Waals surface area contributed by atoms with Gasteiger partial charge in [-0.05, 0) is 92.4 Å². The Bertz CT molecular complexity index is 889. The summed E-state index contributed by atoms with van der Waals surface area (Å²) in [6, 6.07) is 9.22. The molecule has 5 heteroatoms. The zero-order valence-electron chi connectivity index (χ0n) is 16.7. The minimum Gasteiger partial charge on any atom is -0.462 e. The molecule has 0 spiro atoms. The number of rotatable bonds is 5. The first-order chi connectivity index (χ1) is 14.0. The van der Waals surface area contributed by atoms with Gasteiger partial charge >= 0.3 is 5.97 Å². The lowest BCUT2D eigenvalue weighted by atomic mass is 9.48. The molecule has 2 aromatic rings. The van der Waals surface area contributed by atoms with Crippen molar-refractivity contribution >= 4 is 5.97 Å². The molecule has 4 aliphatic carbocycles. The van der Waals surface area contributed by atoms with Crippen molar-refractivity contribution in [2.45, 2.75) is 50.9 Å². The fourth-order valence-electron chi connectivity index (χ4n) is 6.28. The van der Waals surface area contributed by atoms with Crippen molar-refractivity contribution in [1.82, 2.24) is 4.98 Å². The van der Waals surface area contributed by atoms with Gasteiger partial charge in [0.15, 0.2) is 5.82 Å². The topological polar surface area (TPSA) is 48.4 Å². The van der Waals surface area contributed by atoms with Crippen molar-refractivity contribution in [2.24, 2.45) is 17.8 Å². The third-order valence-corrected chi connectivity index (χ3v) is 7.04. The summed E-state index contributed by atoms with van der Waals surface area (Å²) < 4.78 is 24.8. The quantitative estimate of drug-likeness (QED) is 0.613. The third-order valence-electron chi connectivity index (χ3n) is 7.04. The molecule has 1 aromatic heterocycles. The zero-order chi connectivity index (χ0) is 20.0. The van der Waals surface area contributed by atoms with E-state index in [0.29, 0.717) is 11.2 Å². The first-order valence-corrected chi connectivity index (χ1v) is 10.7. The second kappa shape index (κ2) is 7.12. The SMILES string of the molecule is CCOC(=O)c1cnc(Oc2ccc(C34CC5CC(CC(C5)C3)C4)cc2)c(F)c1. The first-order valence-electron chi connectivity index (χ1n) is 10.7. The summed E-state index contributed by atoms with van der Waals surface area (Å²) in [5, 5.41) is 0. The maximum atomic E-state index is 14.3. The second-order valence-electron chi connectivity index (χ2n) is 9.06. The monoisotopic (exact) mass is 395 g/mol. The number of carbonyl (C=O) groups is 1. The summed E-state index contributed by atoms with van der Waals surface area (Å²) in [4.78, 5) is 15.7. The number of hydrogen-bond acceptors (Lipinski definition) is 4. The Balaban J connectivity index is 1.32. The highest BCUT2D eigenvalue weighted by Gasteiger charge is 2.51. The Morgan fingerprint density at radius 2 is 1.72 bits per heavy atom. The normalized spacial score (nSPS) is 29.7. The lowest BCUT2D eigenvalue weighted by molar-refractivity contribution is -0.00520.